The fourth-order valence-corrected chi connectivity index (χ4v) is 3.08. The van der Waals surface area contributed by atoms with Gasteiger partial charge >= 0.3 is 0 Å². The quantitative estimate of drug-likeness (QED) is 0.832. The first kappa shape index (κ1) is 16.0. The van der Waals surface area contributed by atoms with Crippen LogP contribution in [-0.4, -0.2) is 58.2 Å². The average molecular weight is 335 g/mol. The van der Waals surface area contributed by atoms with Gasteiger partial charge in [0.15, 0.2) is 5.69 Å². The summed E-state index contributed by atoms with van der Waals surface area (Å²) in [5.74, 6) is -0.303. The van der Waals surface area contributed by atoms with Crippen molar-refractivity contribution in [2.24, 2.45) is 7.05 Å². The smallest absolute Gasteiger partial charge is 0.278 e. The fraction of sp³-hybridized carbons (Fsp3) is 0.438. The molecule has 0 unspecified atom stereocenters. The Hall–Kier alpha value is -1.92. The number of benzene rings is 1. The van der Waals surface area contributed by atoms with E-state index in [0.29, 0.717) is 29.0 Å². The van der Waals surface area contributed by atoms with Crippen LogP contribution in [-0.2, 0) is 7.05 Å². The highest BCUT2D eigenvalue weighted by Crippen LogP contribution is 2.16. The molecule has 0 aliphatic carbocycles. The van der Waals surface area contributed by atoms with Crippen molar-refractivity contribution in [1.82, 2.24) is 19.6 Å². The van der Waals surface area contributed by atoms with E-state index in [4.69, 9.17) is 11.6 Å². The van der Waals surface area contributed by atoms with E-state index in [1.165, 1.54) is 0 Å². The second-order valence-electron chi connectivity index (χ2n) is 5.69. The van der Waals surface area contributed by atoms with E-state index in [9.17, 15) is 9.59 Å². The maximum absolute atomic E-state index is 12.7. The summed E-state index contributed by atoms with van der Waals surface area (Å²) < 4.78 is 1.56. The van der Waals surface area contributed by atoms with Crippen LogP contribution in [0.5, 0.6) is 0 Å². The van der Waals surface area contributed by atoms with Crippen LogP contribution in [0.25, 0.3) is 10.9 Å². The molecule has 0 radical (unpaired) electrons. The van der Waals surface area contributed by atoms with Crippen LogP contribution in [0.3, 0.4) is 0 Å². The van der Waals surface area contributed by atoms with Crippen LogP contribution in [0, 0.1) is 0 Å². The molecule has 1 aliphatic rings. The second-order valence-corrected chi connectivity index (χ2v) is 6.13. The van der Waals surface area contributed by atoms with Gasteiger partial charge in [-0.1, -0.05) is 18.5 Å². The number of amides is 1. The zero-order chi connectivity index (χ0) is 16.6. The first-order chi connectivity index (χ1) is 11.0. The fourth-order valence-electron chi connectivity index (χ4n) is 2.91. The van der Waals surface area contributed by atoms with Gasteiger partial charge in [0.2, 0.25) is 5.43 Å². The first-order valence-corrected chi connectivity index (χ1v) is 8.07. The molecule has 3 rings (SSSR count). The molecule has 1 fully saturated rings. The van der Waals surface area contributed by atoms with E-state index in [1.807, 2.05) is 0 Å². The monoisotopic (exact) mass is 334 g/mol. The molecule has 0 atom stereocenters. The van der Waals surface area contributed by atoms with E-state index in [-0.39, 0.29) is 17.0 Å². The van der Waals surface area contributed by atoms with Gasteiger partial charge in [0.05, 0.1) is 10.9 Å². The van der Waals surface area contributed by atoms with E-state index >= 15 is 0 Å². The molecular weight excluding hydrogens is 316 g/mol. The van der Waals surface area contributed by atoms with Crippen molar-refractivity contribution >= 4 is 28.4 Å². The lowest BCUT2D eigenvalue weighted by Gasteiger charge is -2.33. The number of aryl methyl sites for hydroxylation is 1. The van der Waals surface area contributed by atoms with Crippen molar-refractivity contribution in [1.29, 1.82) is 0 Å². The Kier molecular flexibility index (Phi) is 4.37. The van der Waals surface area contributed by atoms with Gasteiger partial charge in [-0.2, -0.15) is 5.10 Å². The number of nitrogens with zero attached hydrogens (tertiary/aromatic N) is 4. The lowest BCUT2D eigenvalue weighted by molar-refractivity contribution is 0.0634. The van der Waals surface area contributed by atoms with Crippen molar-refractivity contribution in [2.75, 3.05) is 32.7 Å². The number of halogens is 1. The predicted molar refractivity (Wildman–Crippen MR) is 90.0 cm³/mol. The molecular formula is C16H19ClN4O2. The molecule has 1 amide bonds. The molecule has 0 spiro atoms. The van der Waals surface area contributed by atoms with Gasteiger partial charge < -0.3 is 9.80 Å². The predicted octanol–water partition coefficient (Wildman–Crippen LogP) is 1.36. The minimum Gasteiger partial charge on any atom is -0.335 e. The molecule has 1 aromatic carbocycles. The van der Waals surface area contributed by atoms with Crippen molar-refractivity contribution in [3.8, 4) is 0 Å². The van der Waals surface area contributed by atoms with Crippen LogP contribution in [0.1, 0.15) is 17.4 Å². The molecule has 6 nitrogen and oxygen atoms in total. The highest BCUT2D eigenvalue weighted by atomic mass is 35.5. The van der Waals surface area contributed by atoms with E-state index in [1.54, 1.807) is 34.8 Å². The molecule has 2 heterocycles. The topological polar surface area (TPSA) is 58.4 Å². The molecule has 122 valence electrons. The molecule has 0 saturated carbocycles. The molecule has 1 aliphatic heterocycles. The zero-order valence-electron chi connectivity index (χ0n) is 13.3. The van der Waals surface area contributed by atoms with Gasteiger partial charge in [-0.15, -0.1) is 0 Å². The second kappa shape index (κ2) is 6.29. The van der Waals surface area contributed by atoms with Crippen LogP contribution >= 0.6 is 11.6 Å². The Morgan fingerprint density at radius 3 is 2.61 bits per heavy atom. The third-order valence-electron chi connectivity index (χ3n) is 4.33. The molecule has 2 aromatic rings. The minimum absolute atomic E-state index is 0.0350. The SMILES string of the molecule is CCN1CCN(C(=O)c2nn(C)c3ccc(Cl)cc3c2=O)CC1. The number of aromatic nitrogens is 2. The van der Waals surface area contributed by atoms with Gasteiger partial charge in [-0.25, -0.2) is 0 Å². The molecule has 0 N–H and O–H groups in total. The Labute approximate surface area is 139 Å². The third kappa shape index (κ3) is 2.96. The summed E-state index contributed by atoms with van der Waals surface area (Å²) in [6, 6.07) is 5.03. The minimum atomic E-state index is -0.358. The Balaban J connectivity index is 1.98. The number of carbonyl (C=O) groups is 1. The highest BCUT2D eigenvalue weighted by Gasteiger charge is 2.25. The maximum atomic E-state index is 12.7. The van der Waals surface area contributed by atoms with Gasteiger partial charge in [0, 0.05) is 38.2 Å². The lowest BCUT2D eigenvalue weighted by atomic mass is 10.2. The van der Waals surface area contributed by atoms with E-state index in [0.717, 1.165) is 19.6 Å². The molecule has 1 aromatic heterocycles. The summed E-state index contributed by atoms with van der Waals surface area (Å²) in [6.07, 6.45) is 0. The van der Waals surface area contributed by atoms with Crippen molar-refractivity contribution < 1.29 is 4.79 Å². The number of likely N-dealkylation sites (N-methyl/N-ethyl adjacent to an activating group) is 1. The van der Waals surface area contributed by atoms with Crippen molar-refractivity contribution in [3.05, 3.63) is 39.1 Å². The van der Waals surface area contributed by atoms with Crippen LogP contribution in [0.15, 0.2) is 23.0 Å². The standard InChI is InChI=1S/C16H19ClN4O2/c1-3-20-6-8-21(9-7-20)16(23)14-15(22)12-10-11(17)4-5-13(12)19(2)18-14/h4-5,10H,3,6-9H2,1-2H3. The number of piperazine rings is 1. The Morgan fingerprint density at radius 2 is 1.96 bits per heavy atom. The summed E-state index contributed by atoms with van der Waals surface area (Å²) in [4.78, 5) is 29.3. The van der Waals surface area contributed by atoms with Crippen LogP contribution < -0.4 is 5.43 Å². The molecule has 23 heavy (non-hydrogen) atoms. The largest absolute Gasteiger partial charge is 0.335 e. The van der Waals surface area contributed by atoms with E-state index < -0.39 is 0 Å². The van der Waals surface area contributed by atoms with Gasteiger partial charge in [0.25, 0.3) is 5.91 Å². The van der Waals surface area contributed by atoms with Crippen LogP contribution in [0.4, 0.5) is 0 Å². The summed E-state index contributed by atoms with van der Waals surface area (Å²) >= 11 is 5.99. The number of carbonyl (C=O) groups excluding carboxylic acids is 1. The van der Waals surface area contributed by atoms with Crippen molar-refractivity contribution in [2.45, 2.75) is 6.92 Å². The normalized spacial score (nSPS) is 16.0. The number of fused-ring (bicyclic) bond motifs is 1. The number of rotatable bonds is 2. The van der Waals surface area contributed by atoms with Gasteiger partial charge in [0.1, 0.15) is 0 Å². The molecule has 0 bridgehead atoms. The van der Waals surface area contributed by atoms with Crippen LogP contribution in [0.2, 0.25) is 5.02 Å². The van der Waals surface area contributed by atoms with Gasteiger partial charge in [-0.05, 0) is 24.7 Å². The van der Waals surface area contributed by atoms with Crippen molar-refractivity contribution in [3.63, 3.8) is 0 Å². The summed E-state index contributed by atoms with van der Waals surface area (Å²) in [5.41, 5.74) is 0.266. The number of hydrogen-bond donors (Lipinski definition) is 0. The summed E-state index contributed by atoms with van der Waals surface area (Å²) in [5, 5.41) is 5.09. The Bertz CT molecular complexity index is 810. The lowest BCUT2D eigenvalue weighted by Crippen LogP contribution is -2.49. The molecule has 7 heteroatoms. The Morgan fingerprint density at radius 1 is 1.26 bits per heavy atom. The average Bonchev–Trinajstić information content (AvgIpc) is 2.57. The zero-order valence-corrected chi connectivity index (χ0v) is 14.0. The van der Waals surface area contributed by atoms with Gasteiger partial charge in [-0.3, -0.25) is 14.3 Å². The maximum Gasteiger partial charge on any atom is 0.278 e. The number of hydrogen-bond acceptors (Lipinski definition) is 4. The summed E-state index contributed by atoms with van der Waals surface area (Å²) in [7, 11) is 1.72. The van der Waals surface area contributed by atoms with E-state index in [2.05, 4.69) is 16.9 Å². The first-order valence-electron chi connectivity index (χ1n) is 7.69. The highest BCUT2D eigenvalue weighted by molar-refractivity contribution is 6.31. The third-order valence-corrected chi connectivity index (χ3v) is 4.56. The summed E-state index contributed by atoms with van der Waals surface area (Å²) in [6.45, 7) is 5.94. The molecule has 1 saturated heterocycles.